The molecule has 18 heteroatoms. The number of carbonyl (C=O) groups is 7. The fraction of sp³-hybridized carbons (Fsp3) is 0.500. The van der Waals surface area contributed by atoms with Crippen molar-refractivity contribution in [3.63, 3.8) is 0 Å². The number of nitrogens with zero attached hydrogens (tertiary/aromatic N) is 2. The summed E-state index contributed by atoms with van der Waals surface area (Å²) in [5.41, 5.74) is 3.99. The van der Waals surface area contributed by atoms with E-state index in [0.29, 0.717) is 23.7 Å². The molecule has 17 nitrogen and oxygen atoms in total. The Kier molecular flexibility index (Phi) is 11.1. The lowest BCUT2D eigenvalue weighted by atomic mass is 10.1. The molecule has 4 rings (SSSR count). The highest BCUT2D eigenvalue weighted by atomic mass is 31.2. The van der Waals surface area contributed by atoms with Gasteiger partial charge in [0.1, 0.15) is 23.8 Å². The molecule has 2 aliphatic rings. The Morgan fingerprint density at radius 3 is 2.40 bits per heavy atom. The summed E-state index contributed by atoms with van der Waals surface area (Å²) in [5.74, 6) is -3.43. The maximum Gasteiger partial charge on any atom is 0.396 e. The summed E-state index contributed by atoms with van der Waals surface area (Å²) in [6.07, 6.45) is 0.866. The molecule has 1 aromatic carbocycles. The van der Waals surface area contributed by atoms with E-state index in [1.807, 2.05) is 0 Å². The highest BCUT2D eigenvalue weighted by Gasteiger charge is 2.46. The minimum absolute atomic E-state index is 0.0317. The number of amides is 6. The fourth-order valence-corrected chi connectivity index (χ4v) is 6.50. The van der Waals surface area contributed by atoms with Crippen LogP contribution in [0.2, 0.25) is 0 Å². The smallest absolute Gasteiger partial charge is 0.370 e. The lowest BCUT2D eigenvalue weighted by Gasteiger charge is -2.38. The SMILES string of the molecule is CC(=O)N1CC[C@H]2CC[C@@H](C(=O)N[C@@H](CCC(N)=O)C(=O)NC(C)C)N2C(=O)C(NC(=O)c2cc3cc(C(=O)P(=O)(O)O)ccc3[nH]2)C1. The van der Waals surface area contributed by atoms with Crippen molar-refractivity contribution in [3.8, 4) is 0 Å². The van der Waals surface area contributed by atoms with Crippen LogP contribution in [0.25, 0.3) is 10.9 Å². The summed E-state index contributed by atoms with van der Waals surface area (Å²) in [6.45, 7) is 4.90. The van der Waals surface area contributed by atoms with Crippen molar-refractivity contribution >= 4 is 59.5 Å². The van der Waals surface area contributed by atoms with Crippen molar-refractivity contribution in [2.75, 3.05) is 13.1 Å². The largest absolute Gasteiger partial charge is 0.396 e. The van der Waals surface area contributed by atoms with Crippen LogP contribution >= 0.6 is 7.60 Å². The normalized spacial score (nSPS) is 20.5. The number of primary amides is 1. The van der Waals surface area contributed by atoms with E-state index >= 15 is 0 Å². The highest BCUT2D eigenvalue weighted by Crippen LogP contribution is 2.39. The van der Waals surface area contributed by atoms with Crippen LogP contribution in [0.3, 0.4) is 0 Å². The molecule has 2 saturated heterocycles. The molecule has 8 N–H and O–H groups in total. The molecule has 3 heterocycles. The van der Waals surface area contributed by atoms with Crippen LogP contribution in [-0.2, 0) is 28.5 Å². The van der Waals surface area contributed by atoms with Gasteiger partial charge in [-0.3, -0.25) is 38.1 Å². The zero-order valence-corrected chi connectivity index (χ0v) is 27.6. The summed E-state index contributed by atoms with van der Waals surface area (Å²) < 4.78 is 11.4. The van der Waals surface area contributed by atoms with Crippen molar-refractivity contribution in [3.05, 3.63) is 35.5 Å². The van der Waals surface area contributed by atoms with Gasteiger partial charge in [-0.25, -0.2) is 0 Å². The summed E-state index contributed by atoms with van der Waals surface area (Å²) in [6, 6.07) is 1.11. The maximum absolute atomic E-state index is 14.1. The average Bonchev–Trinajstić information content (AvgIpc) is 3.62. The van der Waals surface area contributed by atoms with Crippen LogP contribution in [0.4, 0.5) is 0 Å². The Morgan fingerprint density at radius 1 is 1.06 bits per heavy atom. The van der Waals surface area contributed by atoms with Crippen LogP contribution < -0.4 is 21.7 Å². The first-order chi connectivity index (χ1) is 22.5. The van der Waals surface area contributed by atoms with Gasteiger partial charge in [-0.05, 0) is 63.8 Å². The fourth-order valence-electron chi connectivity index (χ4n) is 6.03. The number of hydrogen-bond acceptors (Lipinski definition) is 8. The number of H-pyrrole nitrogens is 1. The summed E-state index contributed by atoms with van der Waals surface area (Å²) in [4.78, 5) is 114. The molecule has 2 aromatic rings. The third-order valence-corrected chi connectivity index (χ3v) is 9.15. The standard InChI is InChI=1S/C30H40N7O10P/c1-15(2)32-26(40)21(7-9-25(31)39)34-28(42)24-8-5-19-10-11-36(16(3)38)14-23(29(43)37(19)24)35-27(41)22-13-18-12-17(4-6-20(18)33-22)30(44)48(45,46)47/h4,6,12-13,15,19,21,23-24,33H,5,7-11,14H2,1-3H3,(H2,31,39)(H,32,40)(H,34,42)(H,35,41)(H2,45,46,47)/t19-,21+,23?,24+/m1/s1. The quantitative estimate of drug-likeness (QED) is 0.148. The molecular weight excluding hydrogens is 649 g/mol. The van der Waals surface area contributed by atoms with E-state index in [4.69, 9.17) is 5.73 Å². The van der Waals surface area contributed by atoms with E-state index in [-0.39, 0.29) is 55.6 Å². The van der Waals surface area contributed by atoms with Crippen LogP contribution in [0.1, 0.15) is 73.7 Å². The number of hydrogen-bond donors (Lipinski definition) is 7. The van der Waals surface area contributed by atoms with Crippen molar-refractivity contribution in [1.82, 2.24) is 30.7 Å². The van der Waals surface area contributed by atoms with Crippen LogP contribution in [-0.4, -0.2) is 109 Å². The first-order valence-electron chi connectivity index (χ1n) is 15.5. The van der Waals surface area contributed by atoms with Crippen LogP contribution in [0.5, 0.6) is 0 Å². The number of rotatable bonds is 11. The number of nitrogens with two attached hydrogens (primary N) is 1. The van der Waals surface area contributed by atoms with Gasteiger partial charge in [0.05, 0.1) is 0 Å². The summed E-state index contributed by atoms with van der Waals surface area (Å²) in [7, 11) is -5.04. The van der Waals surface area contributed by atoms with Crippen LogP contribution in [0, 0.1) is 0 Å². The zero-order valence-electron chi connectivity index (χ0n) is 26.7. The molecule has 6 amide bonds. The van der Waals surface area contributed by atoms with E-state index in [1.165, 1.54) is 41.0 Å². The second kappa shape index (κ2) is 14.7. The third-order valence-electron chi connectivity index (χ3n) is 8.36. The van der Waals surface area contributed by atoms with Crippen molar-refractivity contribution in [1.29, 1.82) is 0 Å². The Morgan fingerprint density at radius 2 is 1.77 bits per heavy atom. The molecule has 4 atom stereocenters. The molecule has 0 saturated carbocycles. The second-order valence-electron chi connectivity index (χ2n) is 12.3. The van der Waals surface area contributed by atoms with Crippen molar-refractivity contribution < 1.29 is 47.9 Å². The van der Waals surface area contributed by atoms with E-state index < -0.39 is 66.8 Å². The Balaban J connectivity index is 1.58. The van der Waals surface area contributed by atoms with Crippen molar-refractivity contribution in [2.45, 2.75) is 83.1 Å². The van der Waals surface area contributed by atoms with Gasteiger partial charge >= 0.3 is 7.60 Å². The topological polar surface area (TPSA) is 261 Å². The number of aromatic amines is 1. The number of benzene rings is 1. The van der Waals surface area contributed by atoms with Gasteiger partial charge in [-0.15, -0.1) is 0 Å². The van der Waals surface area contributed by atoms with Gasteiger partial charge < -0.3 is 46.3 Å². The number of carbonyl (C=O) groups excluding carboxylic acids is 7. The lowest BCUT2D eigenvalue weighted by molar-refractivity contribution is -0.145. The van der Waals surface area contributed by atoms with Crippen molar-refractivity contribution in [2.24, 2.45) is 5.73 Å². The van der Waals surface area contributed by atoms with E-state index in [2.05, 4.69) is 20.9 Å². The maximum atomic E-state index is 14.1. The molecule has 0 radical (unpaired) electrons. The molecule has 0 bridgehead atoms. The number of fused-ring (bicyclic) bond motifs is 2. The summed E-state index contributed by atoms with van der Waals surface area (Å²) in [5, 5.41) is 8.33. The van der Waals surface area contributed by atoms with Crippen LogP contribution in [0.15, 0.2) is 24.3 Å². The molecule has 2 fully saturated rings. The van der Waals surface area contributed by atoms with E-state index in [1.54, 1.807) is 13.8 Å². The first-order valence-corrected chi connectivity index (χ1v) is 17.1. The zero-order chi connectivity index (χ0) is 35.5. The van der Waals surface area contributed by atoms with E-state index in [0.717, 1.165) is 0 Å². The molecule has 48 heavy (non-hydrogen) atoms. The second-order valence-corrected chi connectivity index (χ2v) is 13.8. The monoisotopic (exact) mass is 689 g/mol. The molecule has 0 aliphatic carbocycles. The minimum Gasteiger partial charge on any atom is -0.370 e. The molecule has 0 spiro atoms. The minimum atomic E-state index is -5.04. The lowest BCUT2D eigenvalue weighted by Crippen LogP contribution is -2.62. The Hall–Kier alpha value is -4.60. The number of nitrogens with one attached hydrogen (secondary N) is 4. The molecule has 1 aromatic heterocycles. The predicted molar refractivity (Wildman–Crippen MR) is 170 cm³/mol. The Bertz CT molecular complexity index is 1680. The highest BCUT2D eigenvalue weighted by molar-refractivity contribution is 7.70. The number of aromatic nitrogens is 1. The Labute approximate surface area is 275 Å². The van der Waals surface area contributed by atoms with Gasteiger partial charge in [0, 0.05) is 55.0 Å². The van der Waals surface area contributed by atoms with Gasteiger partial charge in [0.25, 0.3) is 11.4 Å². The predicted octanol–water partition coefficient (Wildman–Crippen LogP) is -0.529. The third kappa shape index (κ3) is 8.45. The average molecular weight is 690 g/mol. The molecule has 260 valence electrons. The van der Waals surface area contributed by atoms with Gasteiger partial charge in [0.2, 0.25) is 29.5 Å². The molecular formula is C30H40N7O10P. The summed E-state index contributed by atoms with van der Waals surface area (Å²) >= 11 is 0. The van der Waals surface area contributed by atoms with Gasteiger partial charge in [0.15, 0.2) is 0 Å². The first kappa shape index (κ1) is 36.2. The van der Waals surface area contributed by atoms with E-state index in [9.17, 15) is 47.9 Å². The van der Waals surface area contributed by atoms with Gasteiger partial charge in [-0.2, -0.15) is 0 Å². The molecule has 1 unspecified atom stereocenters. The van der Waals surface area contributed by atoms with Gasteiger partial charge in [-0.1, -0.05) is 0 Å². The molecule has 2 aliphatic heterocycles.